The molecule has 36 heavy (non-hydrogen) atoms. The first kappa shape index (κ1) is 24.1. The van der Waals surface area contributed by atoms with E-state index in [4.69, 9.17) is 0 Å². The number of para-hydroxylation sites is 1. The molecule has 2 heterocycles. The standard InChI is InChI=1S/C28H29N3O4S/c32-27(22-10-3-1-4-11-22)26-28(33)24-14-7-8-15-25(24)36(34,35)31(26)17-9-16-29-18-20-30(21-19-29)23-12-5-2-6-13-23/h1-8,10-15,32H,9,16-21H2/b27-26-. The highest BCUT2D eigenvalue weighted by atomic mass is 32.2. The van der Waals surface area contributed by atoms with E-state index in [1.807, 2.05) is 18.2 Å². The quantitative estimate of drug-likeness (QED) is 0.404. The Kier molecular flexibility index (Phi) is 6.80. The number of allylic oxidation sites excluding steroid dienone is 1. The van der Waals surface area contributed by atoms with Crippen LogP contribution in [0.1, 0.15) is 22.3 Å². The molecule has 0 spiro atoms. The number of carbonyl (C=O) groups excluding carboxylic acids is 1. The second kappa shape index (κ2) is 10.2. The zero-order chi connectivity index (χ0) is 25.1. The molecule has 5 rings (SSSR count). The Morgan fingerprint density at radius 3 is 2.08 bits per heavy atom. The van der Waals surface area contributed by atoms with Gasteiger partial charge in [-0.25, -0.2) is 8.42 Å². The smallest absolute Gasteiger partial charge is 0.265 e. The summed E-state index contributed by atoms with van der Waals surface area (Å²) in [5.74, 6) is -0.812. The number of sulfonamides is 1. The molecule has 0 amide bonds. The minimum absolute atomic E-state index is 0.0175. The van der Waals surface area contributed by atoms with Crippen molar-refractivity contribution in [2.24, 2.45) is 0 Å². The molecule has 0 saturated carbocycles. The first-order valence-electron chi connectivity index (χ1n) is 12.1. The highest BCUT2D eigenvalue weighted by molar-refractivity contribution is 7.89. The van der Waals surface area contributed by atoms with Gasteiger partial charge in [0, 0.05) is 56.1 Å². The van der Waals surface area contributed by atoms with Crippen LogP contribution in [-0.4, -0.2) is 67.8 Å². The molecule has 3 aromatic carbocycles. The Bertz CT molecular complexity index is 1370. The van der Waals surface area contributed by atoms with Crippen molar-refractivity contribution in [3.8, 4) is 0 Å². The molecule has 2 aliphatic rings. The molecule has 3 aromatic rings. The average Bonchev–Trinajstić information content (AvgIpc) is 2.93. The summed E-state index contributed by atoms with van der Waals surface area (Å²) in [5, 5.41) is 11.1. The number of rotatable bonds is 6. The monoisotopic (exact) mass is 503 g/mol. The number of Topliss-reactive ketones (excluding diaryl/α,β-unsaturated/α-hetero) is 1. The van der Waals surface area contributed by atoms with Gasteiger partial charge in [-0.15, -0.1) is 0 Å². The number of anilines is 1. The number of aliphatic hydroxyl groups excluding tert-OH is 1. The normalized spacial score (nSPS) is 19.2. The molecule has 0 radical (unpaired) electrons. The van der Waals surface area contributed by atoms with Gasteiger partial charge in [-0.2, -0.15) is 0 Å². The van der Waals surface area contributed by atoms with Crippen LogP contribution in [0.25, 0.3) is 5.76 Å². The van der Waals surface area contributed by atoms with Crippen LogP contribution < -0.4 is 4.90 Å². The third-order valence-electron chi connectivity index (χ3n) is 6.76. The van der Waals surface area contributed by atoms with Gasteiger partial charge in [-0.05, 0) is 30.7 Å². The van der Waals surface area contributed by atoms with Crippen LogP contribution in [0, 0.1) is 0 Å². The molecule has 0 unspecified atom stereocenters. The number of hydrogen-bond acceptors (Lipinski definition) is 6. The van der Waals surface area contributed by atoms with E-state index >= 15 is 0 Å². The molecule has 0 aromatic heterocycles. The topological polar surface area (TPSA) is 81.2 Å². The Labute approximate surface area is 211 Å². The number of piperazine rings is 1. The maximum Gasteiger partial charge on any atom is 0.265 e. The minimum Gasteiger partial charge on any atom is -0.505 e. The van der Waals surface area contributed by atoms with E-state index in [2.05, 4.69) is 21.9 Å². The minimum atomic E-state index is -4.00. The molecule has 0 aliphatic carbocycles. The van der Waals surface area contributed by atoms with E-state index in [9.17, 15) is 18.3 Å². The Morgan fingerprint density at radius 1 is 0.778 bits per heavy atom. The predicted octanol–water partition coefficient (Wildman–Crippen LogP) is 4.01. The second-order valence-corrected chi connectivity index (χ2v) is 10.8. The first-order valence-corrected chi connectivity index (χ1v) is 13.6. The van der Waals surface area contributed by atoms with Crippen LogP contribution in [0.2, 0.25) is 0 Å². The van der Waals surface area contributed by atoms with E-state index in [1.165, 1.54) is 17.8 Å². The van der Waals surface area contributed by atoms with E-state index in [1.54, 1.807) is 42.5 Å². The van der Waals surface area contributed by atoms with Crippen molar-refractivity contribution in [1.29, 1.82) is 0 Å². The molecule has 0 atom stereocenters. The summed E-state index contributed by atoms with van der Waals surface area (Å²) in [6, 6.07) is 25.1. The summed E-state index contributed by atoms with van der Waals surface area (Å²) in [4.78, 5) is 18.1. The maximum absolute atomic E-state index is 13.6. The first-order chi connectivity index (χ1) is 17.5. The van der Waals surface area contributed by atoms with Crippen molar-refractivity contribution < 1.29 is 18.3 Å². The predicted molar refractivity (Wildman–Crippen MR) is 140 cm³/mol. The zero-order valence-electron chi connectivity index (χ0n) is 20.0. The molecule has 8 heteroatoms. The van der Waals surface area contributed by atoms with E-state index in [0.29, 0.717) is 18.5 Å². The SMILES string of the molecule is O=C1/C(=C(/O)c2ccccc2)N(CCCN2CCN(c3ccccc3)CC2)S(=O)(=O)c2ccccc21. The molecular weight excluding hydrogens is 474 g/mol. The van der Waals surface area contributed by atoms with Gasteiger partial charge in [0.05, 0.1) is 4.90 Å². The number of aliphatic hydroxyl groups is 1. The average molecular weight is 504 g/mol. The molecule has 1 fully saturated rings. The fraction of sp³-hybridized carbons (Fsp3) is 0.250. The van der Waals surface area contributed by atoms with Crippen LogP contribution in [0.5, 0.6) is 0 Å². The van der Waals surface area contributed by atoms with Crippen LogP contribution in [0.15, 0.2) is 95.5 Å². The molecule has 1 N–H and O–H groups in total. The lowest BCUT2D eigenvalue weighted by Crippen LogP contribution is -2.47. The lowest BCUT2D eigenvalue weighted by atomic mass is 10.0. The zero-order valence-corrected chi connectivity index (χ0v) is 20.8. The number of hydrogen-bond donors (Lipinski definition) is 1. The third-order valence-corrected chi connectivity index (χ3v) is 8.62. The molecule has 186 valence electrons. The van der Waals surface area contributed by atoms with Gasteiger partial charge in [0.2, 0.25) is 5.78 Å². The number of benzene rings is 3. The number of nitrogens with zero attached hydrogens (tertiary/aromatic N) is 3. The maximum atomic E-state index is 13.6. The Morgan fingerprint density at radius 2 is 1.39 bits per heavy atom. The van der Waals surface area contributed by atoms with Crippen molar-refractivity contribution in [1.82, 2.24) is 9.21 Å². The fourth-order valence-corrected chi connectivity index (χ4v) is 6.56. The van der Waals surface area contributed by atoms with Gasteiger partial charge in [0.15, 0.2) is 5.76 Å². The summed E-state index contributed by atoms with van der Waals surface area (Å²) in [6.07, 6.45) is 0.533. The summed E-state index contributed by atoms with van der Waals surface area (Å²) in [7, 11) is -4.00. The summed E-state index contributed by atoms with van der Waals surface area (Å²) >= 11 is 0. The van der Waals surface area contributed by atoms with Crippen molar-refractivity contribution in [2.45, 2.75) is 11.3 Å². The summed E-state index contributed by atoms with van der Waals surface area (Å²) < 4.78 is 28.3. The van der Waals surface area contributed by atoms with E-state index < -0.39 is 15.8 Å². The lowest BCUT2D eigenvalue weighted by molar-refractivity contribution is 0.0997. The Hall–Kier alpha value is -3.62. The van der Waals surface area contributed by atoms with Crippen LogP contribution in [-0.2, 0) is 10.0 Å². The highest BCUT2D eigenvalue weighted by Gasteiger charge is 2.41. The van der Waals surface area contributed by atoms with Crippen molar-refractivity contribution in [2.75, 3.05) is 44.2 Å². The molecule has 2 aliphatic heterocycles. The van der Waals surface area contributed by atoms with Crippen molar-refractivity contribution in [3.63, 3.8) is 0 Å². The largest absolute Gasteiger partial charge is 0.505 e. The van der Waals surface area contributed by atoms with Crippen molar-refractivity contribution in [3.05, 3.63) is 102 Å². The molecule has 0 bridgehead atoms. The van der Waals surface area contributed by atoms with Gasteiger partial charge in [-0.1, -0.05) is 60.7 Å². The van der Waals surface area contributed by atoms with Gasteiger partial charge < -0.3 is 10.0 Å². The van der Waals surface area contributed by atoms with Gasteiger partial charge in [-0.3, -0.25) is 14.0 Å². The summed E-state index contributed by atoms with van der Waals surface area (Å²) in [5.41, 5.74) is 1.51. The van der Waals surface area contributed by atoms with Crippen LogP contribution in [0.3, 0.4) is 0 Å². The third kappa shape index (κ3) is 4.62. The van der Waals surface area contributed by atoms with Gasteiger partial charge in [0.25, 0.3) is 10.0 Å². The van der Waals surface area contributed by atoms with Gasteiger partial charge in [0.1, 0.15) is 5.70 Å². The molecule has 7 nitrogen and oxygen atoms in total. The number of ketones is 1. The molecular formula is C28H29N3O4S. The van der Waals surface area contributed by atoms with Crippen LogP contribution >= 0.6 is 0 Å². The fourth-order valence-electron chi connectivity index (χ4n) is 4.86. The van der Waals surface area contributed by atoms with Crippen molar-refractivity contribution >= 4 is 27.3 Å². The van der Waals surface area contributed by atoms with Gasteiger partial charge >= 0.3 is 0 Å². The van der Waals surface area contributed by atoms with Crippen LogP contribution in [0.4, 0.5) is 5.69 Å². The molecule has 1 saturated heterocycles. The van der Waals surface area contributed by atoms with E-state index in [0.717, 1.165) is 30.5 Å². The number of carbonyl (C=O) groups is 1. The second-order valence-electron chi connectivity index (χ2n) is 8.98. The Balaban J connectivity index is 1.35. The lowest BCUT2D eigenvalue weighted by Gasteiger charge is -2.37. The van der Waals surface area contributed by atoms with E-state index in [-0.39, 0.29) is 28.5 Å². The highest BCUT2D eigenvalue weighted by Crippen LogP contribution is 2.35. The summed E-state index contributed by atoms with van der Waals surface area (Å²) in [6.45, 7) is 4.36. The number of fused-ring (bicyclic) bond motifs is 1.